The van der Waals surface area contributed by atoms with Gasteiger partial charge >= 0.3 is 0 Å². The van der Waals surface area contributed by atoms with Crippen molar-refractivity contribution >= 4 is 57.6 Å². The third-order valence-corrected chi connectivity index (χ3v) is 7.20. The fourth-order valence-electron chi connectivity index (χ4n) is 3.73. The summed E-state index contributed by atoms with van der Waals surface area (Å²) in [5, 5.41) is 19.4. The van der Waals surface area contributed by atoms with Crippen LogP contribution in [0.5, 0.6) is 0 Å². The number of primary amides is 1. The Kier molecular flexibility index (Phi) is 7.82. The number of carbonyl (C=O) groups is 4. The first kappa shape index (κ1) is 26.2. The molecular weight excluding hydrogens is 498 g/mol. The Morgan fingerprint density at radius 1 is 1.43 bits per heavy atom. The Bertz CT molecular complexity index is 1140. The van der Waals surface area contributed by atoms with Crippen LogP contribution in [0.4, 0.5) is 5.13 Å². The van der Waals surface area contributed by atoms with Crippen molar-refractivity contribution in [2.24, 2.45) is 10.9 Å². The van der Waals surface area contributed by atoms with Gasteiger partial charge in [0.2, 0.25) is 5.91 Å². The molecule has 188 valence electrons. The summed E-state index contributed by atoms with van der Waals surface area (Å²) in [7, 11) is 4.97. The van der Waals surface area contributed by atoms with E-state index in [1.165, 1.54) is 30.3 Å². The molecule has 15 heteroatoms. The van der Waals surface area contributed by atoms with Crippen LogP contribution in [-0.2, 0) is 24.0 Å². The smallest absolute Gasteiger partial charge is 0.276 e. The lowest BCUT2D eigenvalue weighted by Gasteiger charge is -2.51. The van der Waals surface area contributed by atoms with Gasteiger partial charge in [0.1, 0.15) is 30.8 Å². The normalized spacial score (nSPS) is 20.5. The minimum atomic E-state index is -1.48. The van der Waals surface area contributed by atoms with Gasteiger partial charge < -0.3 is 36.0 Å². The molecule has 0 spiro atoms. The number of likely N-dealkylation sites (N-methyl/N-ethyl adjacent to an activating group) is 1. The summed E-state index contributed by atoms with van der Waals surface area (Å²) < 4.78 is 0.316. The predicted octanol–water partition coefficient (Wildman–Crippen LogP) is -2.40. The zero-order chi connectivity index (χ0) is 25.9. The number of aromatic nitrogens is 1. The van der Waals surface area contributed by atoms with Crippen LogP contribution in [0.25, 0.3) is 0 Å². The van der Waals surface area contributed by atoms with Crippen LogP contribution in [0, 0.1) is 0 Å². The number of hydrogen-bond donors (Lipinski definition) is 3. The lowest BCUT2D eigenvalue weighted by atomic mass is 10.0. The minimum Gasteiger partial charge on any atom is -0.543 e. The number of hydrogen-bond acceptors (Lipinski definition) is 11. The van der Waals surface area contributed by atoms with Crippen LogP contribution in [0.3, 0.4) is 0 Å². The number of carboxylic acids is 1. The van der Waals surface area contributed by atoms with Gasteiger partial charge in [-0.25, -0.2) is 4.98 Å². The number of fused-ring (bicyclic) bond motifs is 1. The molecule has 13 nitrogen and oxygen atoms in total. The number of nitrogen functional groups attached to an aromatic ring is 1. The summed E-state index contributed by atoms with van der Waals surface area (Å²) in [6.45, 7) is 0.707. The highest BCUT2D eigenvalue weighted by Gasteiger charge is 2.53. The van der Waals surface area contributed by atoms with E-state index in [0.29, 0.717) is 28.9 Å². The van der Waals surface area contributed by atoms with E-state index in [-0.39, 0.29) is 22.2 Å². The maximum Gasteiger partial charge on any atom is 0.276 e. The largest absolute Gasteiger partial charge is 0.543 e. The highest BCUT2D eigenvalue weighted by molar-refractivity contribution is 8.00. The van der Waals surface area contributed by atoms with Crippen LogP contribution < -0.4 is 21.9 Å². The molecular formula is C20H25N7O6S2. The zero-order valence-corrected chi connectivity index (χ0v) is 20.9. The summed E-state index contributed by atoms with van der Waals surface area (Å²) in [5.74, 6) is -3.03. The van der Waals surface area contributed by atoms with E-state index in [2.05, 4.69) is 15.5 Å². The molecule has 0 saturated carbocycles. The second kappa shape index (κ2) is 10.5. The van der Waals surface area contributed by atoms with Crippen molar-refractivity contribution < 1.29 is 33.6 Å². The number of nitrogens with one attached hydrogen (secondary N) is 1. The first-order chi connectivity index (χ1) is 16.4. The number of thioether (sulfide) groups is 1. The number of nitrogens with two attached hydrogens (primary N) is 2. The van der Waals surface area contributed by atoms with Crippen LogP contribution >= 0.6 is 23.1 Å². The number of β-lactam (4-membered cyclic amide) rings is 1. The molecule has 1 fully saturated rings. The third kappa shape index (κ3) is 5.80. The zero-order valence-electron chi connectivity index (χ0n) is 19.2. The molecule has 2 aliphatic heterocycles. The number of oxime groups is 1. The van der Waals surface area contributed by atoms with Gasteiger partial charge in [0, 0.05) is 22.8 Å². The fraction of sp³-hybridized carbons (Fsp3) is 0.400. The van der Waals surface area contributed by atoms with Crippen LogP contribution in [0.1, 0.15) is 5.69 Å². The van der Waals surface area contributed by atoms with Gasteiger partial charge in [0.05, 0.1) is 32.3 Å². The fourth-order valence-corrected chi connectivity index (χ4v) is 5.61. The van der Waals surface area contributed by atoms with Gasteiger partial charge in [0.25, 0.3) is 11.8 Å². The van der Waals surface area contributed by atoms with E-state index in [1.54, 1.807) is 6.08 Å². The second-order valence-corrected chi connectivity index (χ2v) is 10.4. The molecule has 3 heterocycles. The average Bonchev–Trinajstić information content (AvgIpc) is 3.20. The number of quaternary nitrogens is 1. The third-order valence-electron chi connectivity index (χ3n) is 5.19. The lowest BCUT2D eigenvalue weighted by molar-refractivity contribution is -0.879. The number of anilines is 1. The Hall–Kier alpha value is -3.43. The first-order valence-corrected chi connectivity index (χ1v) is 12.2. The quantitative estimate of drug-likeness (QED) is 0.0985. The van der Waals surface area contributed by atoms with Gasteiger partial charge in [-0.2, -0.15) is 0 Å². The molecule has 2 atom stereocenters. The van der Waals surface area contributed by atoms with Crippen molar-refractivity contribution in [1.82, 2.24) is 15.2 Å². The molecule has 0 radical (unpaired) electrons. The molecule has 0 aromatic carbocycles. The van der Waals surface area contributed by atoms with E-state index in [4.69, 9.17) is 16.3 Å². The molecule has 2 aliphatic rings. The van der Waals surface area contributed by atoms with Crippen molar-refractivity contribution in [2.75, 3.05) is 45.8 Å². The van der Waals surface area contributed by atoms with Crippen molar-refractivity contribution in [3.05, 3.63) is 34.5 Å². The Balaban J connectivity index is 1.77. The number of aliphatic carboxylic acids is 1. The van der Waals surface area contributed by atoms with Gasteiger partial charge in [-0.1, -0.05) is 5.16 Å². The number of thiazole rings is 1. The number of carbonyl (C=O) groups excluding carboxylic acids is 4. The number of carboxylic acid groups (broad SMARTS) is 1. The van der Waals surface area contributed by atoms with Crippen LogP contribution in [0.2, 0.25) is 0 Å². The minimum absolute atomic E-state index is 0.160. The Morgan fingerprint density at radius 3 is 2.71 bits per heavy atom. The summed E-state index contributed by atoms with van der Waals surface area (Å²) >= 11 is 2.44. The molecule has 0 aliphatic carbocycles. The highest BCUT2D eigenvalue weighted by atomic mass is 32.2. The average molecular weight is 524 g/mol. The van der Waals surface area contributed by atoms with E-state index >= 15 is 0 Å². The maximum atomic E-state index is 12.9. The van der Waals surface area contributed by atoms with Gasteiger partial charge in [0.15, 0.2) is 10.8 Å². The maximum absolute atomic E-state index is 12.9. The summed E-state index contributed by atoms with van der Waals surface area (Å²) in [6.07, 6.45) is 2.85. The topological polar surface area (TPSA) is 193 Å². The molecule has 0 bridgehead atoms. The van der Waals surface area contributed by atoms with Gasteiger partial charge in [-0.3, -0.25) is 19.3 Å². The van der Waals surface area contributed by atoms with E-state index < -0.39 is 35.1 Å². The van der Waals surface area contributed by atoms with Crippen molar-refractivity contribution in [3.8, 4) is 0 Å². The second-order valence-electron chi connectivity index (χ2n) is 8.38. The van der Waals surface area contributed by atoms with Crippen LogP contribution in [-0.4, -0.2) is 95.2 Å². The van der Waals surface area contributed by atoms with Gasteiger partial charge in [-0.15, -0.1) is 23.1 Å². The summed E-state index contributed by atoms with van der Waals surface area (Å²) in [6, 6.07) is -0.970. The molecule has 35 heavy (non-hydrogen) atoms. The molecule has 1 aromatic heterocycles. The molecule has 3 rings (SSSR count). The van der Waals surface area contributed by atoms with E-state index in [9.17, 15) is 24.3 Å². The predicted molar refractivity (Wildman–Crippen MR) is 127 cm³/mol. The SMILES string of the molecule is CO/N=C(\C(=O)N[C@@H]1C(=O)N2C(C(=O)[O-])=C(C[N+](C)(C)C/C=C/C(N)=O)CS[C@H]12)c1csc(N)n1. The van der Waals surface area contributed by atoms with E-state index in [1.807, 2.05) is 14.1 Å². The molecule has 0 unspecified atom stereocenters. The van der Waals surface area contributed by atoms with Crippen molar-refractivity contribution in [2.45, 2.75) is 11.4 Å². The number of rotatable bonds is 10. The standard InChI is InChI=1S/C20H25N7O6S2/c1-27(2,6-4-5-12(21)28)7-10-8-34-18-14(17(30)26(18)15(10)19(31)32)24-16(29)13(25-33-3)11-9-35-20(22)23-11/h4-5,9,14,18H,6-8H2,1-3H3,(H5-,21,22,23,24,28,29,31,32)/b5-4+,25-13-/t14-,18-/m1/s1. The first-order valence-electron chi connectivity index (χ1n) is 10.2. The lowest BCUT2D eigenvalue weighted by Crippen LogP contribution is -2.71. The van der Waals surface area contributed by atoms with Crippen molar-refractivity contribution in [1.29, 1.82) is 0 Å². The number of nitrogens with zero attached hydrogens (tertiary/aromatic N) is 4. The molecule has 5 N–H and O–H groups in total. The van der Waals surface area contributed by atoms with Crippen molar-refractivity contribution in [3.63, 3.8) is 0 Å². The summed E-state index contributed by atoms with van der Waals surface area (Å²) in [5.41, 5.74) is 11.1. The number of amides is 3. The van der Waals surface area contributed by atoms with Gasteiger partial charge in [-0.05, 0) is 6.08 Å². The molecule has 3 amide bonds. The summed E-state index contributed by atoms with van der Waals surface area (Å²) in [4.78, 5) is 58.6. The highest BCUT2D eigenvalue weighted by Crippen LogP contribution is 2.40. The van der Waals surface area contributed by atoms with Crippen LogP contribution in [0.15, 0.2) is 34.0 Å². The monoisotopic (exact) mass is 523 g/mol. The van der Waals surface area contributed by atoms with E-state index in [0.717, 1.165) is 16.2 Å². The Morgan fingerprint density at radius 2 is 2.14 bits per heavy atom. The molecule has 1 saturated heterocycles. The molecule has 1 aromatic rings. The Labute approximate surface area is 209 Å².